The van der Waals surface area contributed by atoms with Gasteiger partial charge in [0.2, 0.25) is 5.91 Å². The van der Waals surface area contributed by atoms with Crippen molar-refractivity contribution in [3.8, 4) is 5.75 Å². The van der Waals surface area contributed by atoms with Crippen LogP contribution in [0.3, 0.4) is 0 Å². The van der Waals surface area contributed by atoms with E-state index in [-0.39, 0.29) is 23.3 Å². The second-order valence-corrected chi connectivity index (χ2v) is 8.21. The number of para-hydroxylation sites is 1. The van der Waals surface area contributed by atoms with Crippen LogP contribution < -0.4 is 21.4 Å². The van der Waals surface area contributed by atoms with Gasteiger partial charge in [0.05, 0.1) is 11.5 Å². The smallest absolute Gasteiger partial charge is 0.534 e. The molecule has 0 bridgehead atoms. The Hall–Kier alpha value is -2.10. The highest BCUT2D eigenvalue weighted by atomic mass is 16.5. The van der Waals surface area contributed by atoms with Crippen LogP contribution in [0.15, 0.2) is 18.2 Å². The van der Waals surface area contributed by atoms with Gasteiger partial charge < -0.3 is 31.6 Å². The van der Waals surface area contributed by atoms with Crippen molar-refractivity contribution in [3.63, 3.8) is 0 Å². The number of hydrogen-bond donors (Lipinski definition) is 5. The van der Waals surface area contributed by atoms with E-state index in [1.54, 1.807) is 12.1 Å². The molecule has 0 aromatic heterocycles. The first-order chi connectivity index (χ1) is 13.9. The average molecular weight is 403 g/mol. The Bertz CT molecular complexity index is 739. The monoisotopic (exact) mass is 403 g/mol. The summed E-state index contributed by atoms with van der Waals surface area (Å²) < 4.78 is 5.43. The Balaban J connectivity index is 1.52. The van der Waals surface area contributed by atoms with E-state index >= 15 is 0 Å². The van der Waals surface area contributed by atoms with Gasteiger partial charge in [-0.3, -0.25) is 4.79 Å². The third-order valence-electron chi connectivity index (χ3n) is 6.17. The van der Waals surface area contributed by atoms with Crippen molar-refractivity contribution in [3.05, 3.63) is 29.3 Å². The van der Waals surface area contributed by atoms with Gasteiger partial charge >= 0.3 is 13.1 Å². The molecular weight excluding hydrogens is 373 g/mol. The SMILES string of the molecule is NCC[C@@H](N)C1CCC(CC(=O)NC2Cc3cccc(C(=O)O)c3OB2O)CC1. The molecule has 1 aromatic rings. The molecule has 2 aliphatic rings. The van der Waals surface area contributed by atoms with Crippen LogP contribution in [0.5, 0.6) is 5.75 Å². The number of aromatic carboxylic acids is 1. The minimum atomic E-state index is -1.28. The highest BCUT2D eigenvalue weighted by molar-refractivity contribution is 6.47. The van der Waals surface area contributed by atoms with Gasteiger partial charge in [-0.1, -0.05) is 12.1 Å². The molecule has 1 saturated carbocycles. The number of nitrogens with two attached hydrogens (primary N) is 2. The second-order valence-electron chi connectivity index (χ2n) is 8.21. The highest BCUT2D eigenvalue weighted by Gasteiger charge is 2.38. The van der Waals surface area contributed by atoms with Crippen molar-refractivity contribution < 1.29 is 24.4 Å². The predicted molar refractivity (Wildman–Crippen MR) is 109 cm³/mol. The maximum Gasteiger partial charge on any atom is 0.547 e. The lowest BCUT2D eigenvalue weighted by atomic mass is 9.72. The van der Waals surface area contributed by atoms with Crippen LogP contribution in [-0.2, 0) is 11.2 Å². The lowest BCUT2D eigenvalue weighted by Gasteiger charge is -2.32. The lowest BCUT2D eigenvalue weighted by Crippen LogP contribution is -2.53. The highest BCUT2D eigenvalue weighted by Crippen LogP contribution is 2.33. The summed E-state index contributed by atoms with van der Waals surface area (Å²) in [5.74, 6) is -0.878. The third kappa shape index (κ3) is 5.29. The molecule has 1 unspecified atom stereocenters. The largest absolute Gasteiger partial charge is 0.547 e. The normalized spacial score (nSPS) is 24.9. The summed E-state index contributed by atoms with van der Waals surface area (Å²) in [6.07, 6.45) is 5.52. The summed E-state index contributed by atoms with van der Waals surface area (Å²) in [6, 6.07) is 4.96. The number of hydrogen-bond acceptors (Lipinski definition) is 6. The summed E-state index contributed by atoms with van der Waals surface area (Å²) in [7, 11) is -1.28. The van der Waals surface area contributed by atoms with Gasteiger partial charge in [-0.05, 0) is 68.5 Å². The van der Waals surface area contributed by atoms with Crippen LogP contribution >= 0.6 is 0 Å². The first-order valence-corrected chi connectivity index (χ1v) is 10.3. The standard InChI is InChI=1S/C20H30BN3O5/c22-9-8-16(23)13-6-4-12(5-7-13)10-18(25)24-17-11-14-2-1-3-15(20(26)27)19(14)29-21(17)28/h1-3,12-13,16-17,28H,4-11,22-23H2,(H,24,25)(H,26,27)/t12?,13?,16-,17?/m1/s1. The molecule has 0 spiro atoms. The van der Waals surface area contributed by atoms with E-state index < -0.39 is 19.0 Å². The van der Waals surface area contributed by atoms with E-state index in [1.165, 1.54) is 6.07 Å². The number of carboxylic acid groups (broad SMARTS) is 1. The summed E-state index contributed by atoms with van der Waals surface area (Å²) >= 11 is 0. The topological polar surface area (TPSA) is 148 Å². The van der Waals surface area contributed by atoms with Crippen molar-refractivity contribution in [2.75, 3.05) is 6.54 Å². The predicted octanol–water partition coefficient (Wildman–Crippen LogP) is 0.697. The Morgan fingerprint density at radius 3 is 2.66 bits per heavy atom. The molecule has 9 heteroatoms. The Labute approximate surface area is 171 Å². The number of carboxylic acids is 1. The zero-order chi connectivity index (χ0) is 21.0. The van der Waals surface area contributed by atoms with Crippen molar-refractivity contribution in [1.82, 2.24) is 5.32 Å². The molecule has 1 aliphatic carbocycles. The Morgan fingerprint density at radius 2 is 2.00 bits per heavy atom. The summed E-state index contributed by atoms with van der Waals surface area (Å²) in [5.41, 5.74) is 12.4. The molecule has 0 radical (unpaired) electrons. The van der Waals surface area contributed by atoms with Gasteiger partial charge in [0.15, 0.2) is 0 Å². The zero-order valence-electron chi connectivity index (χ0n) is 16.5. The van der Waals surface area contributed by atoms with Crippen LogP contribution in [0.1, 0.15) is 54.4 Å². The summed E-state index contributed by atoms with van der Waals surface area (Å²) in [6.45, 7) is 0.604. The van der Waals surface area contributed by atoms with Gasteiger partial charge in [-0.2, -0.15) is 0 Å². The van der Waals surface area contributed by atoms with E-state index in [4.69, 9.17) is 16.1 Å². The molecule has 0 saturated heterocycles. The van der Waals surface area contributed by atoms with E-state index in [2.05, 4.69) is 5.32 Å². The minimum Gasteiger partial charge on any atom is -0.534 e. The lowest BCUT2D eigenvalue weighted by molar-refractivity contribution is -0.122. The number of amides is 1. The van der Waals surface area contributed by atoms with Crippen LogP contribution in [-0.4, -0.2) is 47.7 Å². The van der Waals surface area contributed by atoms with Gasteiger partial charge in [-0.15, -0.1) is 0 Å². The molecule has 8 nitrogen and oxygen atoms in total. The van der Waals surface area contributed by atoms with Crippen LogP contribution in [0.25, 0.3) is 0 Å². The summed E-state index contributed by atoms with van der Waals surface area (Å²) in [5, 5.41) is 22.4. The number of carbonyl (C=O) groups is 2. The van der Waals surface area contributed by atoms with Crippen molar-refractivity contribution in [1.29, 1.82) is 0 Å². The molecule has 158 valence electrons. The molecule has 1 fully saturated rings. The molecule has 29 heavy (non-hydrogen) atoms. The molecule has 1 amide bonds. The molecule has 1 heterocycles. The maximum absolute atomic E-state index is 12.5. The quantitative estimate of drug-likeness (QED) is 0.421. The Morgan fingerprint density at radius 1 is 1.28 bits per heavy atom. The van der Waals surface area contributed by atoms with E-state index in [0.29, 0.717) is 36.8 Å². The second kappa shape index (κ2) is 9.60. The van der Waals surface area contributed by atoms with E-state index in [9.17, 15) is 19.7 Å². The molecule has 7 N–H and O–H groups in total. The van der Waals surface area contributed by atoms with Crippen molar-refractivity contribution in [2.24, 2.45) is 23.3 Å². The average Bonchev–Trinajstić information content (AvgIpc) is 2.68. The number of fused-ring (bicyclic) bond motifs is 1. The van der Waals surface area contributed by atoms with Crippen LogP contribution in [0.4, 0.5) is 0 Å². The third-order valence-corrected chi connectivity index (χ3v) is 6.17. The maximum atomic E-state index is 12.5. The Kier molecular flexibility index (Phi) is 7.16. The minimum absolute atomic E-state index is 0.0101. The number of nitrogens with one attached hydrogen (secondary N) is 1. The van der Waals surface area contributed by atoms with Crippen LogP contribution in [0, 0.1) is 11.8 Å². The number of carbonyl (C=O) groups excluding carboxylic acids is 1. The fourth-order valence-corrected chi connectivity index (χ4v) is 4.49. The van der Waals surface area contributed by atoms with Gasteiger partial charge in [-0.25, -0.2) is 4.79 Å². The molecule has 3 rings (SSSR count). The fraction of sp³-hybridized carbons (Fsp3) is 0.600. The molecule has 1 aromatic carbocycles. The van der Waals surface area contributed by atoms with Crippen molar-refractivity contribution in [2.45, 2.75) is 56.9 Å². The van der Waals surface area contributed by atoms with E-state index in [0.717, 1.165) is 32.1 Å². The van der Waals surface area contributed by atoms with Gasteiger partial charge in [0, 0.05) is 12.5 Å². The summed E-state index contributed by atoms with van der Waals surface area (Å²) in [4.78, 5) is 23.8. The number of rotatable bonds is 7. The molecule has 1 aliphatic heterocycles. The van der Waals surface area contributed by atoms with Crippen molar-refractivity contribution >= 4 is 19.0 Å². The fourth-order valence-electron chi connectivity index (χ4n) is 4.49. The first kappa shape index (κ1) is 21.6. The molecular formula is C20H30BN3O5. The number of benzene rings is 1. The van der Waals surface area contributed by atoms with Gasteiger partial charge in [0.25, 0.3) is 0 Å². The van der Waals surface area contributed by atoms with Crippen LogP contribution in [0.2, 0.25) is 0 Å². The first-order valence-electron chi connectivity index (χ1n) is 10.3. The van der Waals surface area contributed by atoms with Gasteiger partial charge in [0.1, 0.15) is 5.75 Å². The van der Waals surface area contributed by atoms with E-state index in [1.807, 2.05) is 0 Å². The zero-order valence-corrected chi connectivity index (χ0v) is 16.5. The molecule has 2 atom stereocenters.